The van der Waals surface area contributed by atoms with Gasteiger partial charge in [-0.3, -0.25) is 4.79 Å². The van der Waals surface area contributed by atoms with E-state index in [0.717, 1.165) is 6.21 Å². The van der Waals surface area contributed by atoms with E-state index in [2.05, 4.69) is 15.5 Å². The van der Waals surface area contributed by atoms with E-state index >= 15 is 0 Å². The van der Waals surface area contributed by atoms with E-state index in [1.807, 2.05) is 0 Å². The normalized spacial score (nSPS) is 12.3. The van der Waals surface area contributed by atoms with Crippen LogP contribution in [0.2, 0.25) is 0 Å². The lowest BCUT2D eigenvalue weighted by molar-refractivity contribution is 0.603. The zero-order valence-electron chi connectivity index (χ0n) is 10.5. The van der Waals surface area contributed by atoms with Crippen LogP contribution in [0.25, 0.3) is 10.8 Å². The second kappa shape index (κ2) is 5.25. The van der Waals surface area contributed by atoms with Crippen LogP contribution >= 0.6 is 0 Å². The van der Waals surface area contributed by atoms with Crippen LogP contribution in [0.4, 0.5) is 0 Å². The summed E-state index contributed by atoms with van der Waals surface area (Å²) < 4.78 is 24.6. The highest BCUT2D eigenvalue weighted by molar-refractivity contribution is 7.96. The van der Waals surface area contributed by atoms with Crippen LogP contribution in [0, 0.1) is 5.41 Å². The summed E-state index contributed by atoms with van der Waals surface area (Å²) in [5.41, 5.74) is -0.385. The van der Waals surface area contributed by atoms with Gasteiger partial charge in [-0.2, -0.15) is 5.10 Å². The SMILES string of the molecule is CN/C=C(\C=N)S(=O)(=O)c1ccc2c(=O)[nH]ncc2c1. The number of aromatic amines is 1. The van der Waals surface area contributed by atoms with Crippen molar-refractivity contribution in [3.8, 4) is 0 Å². The zero-order valence-corrected chi connectivity index (χ0v) is 11.4. The maximum Gasteiger partial charge on any atom is 0.272 e. The van der Waals surface area contributed by atoms with Gasteiger partial charge in [0.1, 0.15) is 4.91 Å². The van der Waals surface area contributed by atoms with Crippen molar-refractivity contribution < 1.29 is 8.42 Å². The largest absolute Gasteiger partial charge is 0.393 e. The molecule has 0 aliphatic heterocycles. The second-order valence-corrected chi connectivity index (χ2v) is 5.88. The summed E-state index contributed by atoms with van der Waals surface area (Å²) in [6.45, 7) is 0. The Bertz CT molecular complexity index is 852. The summed E-state index contributed by atoms with van der Waals surface area (Å²) in [6.07, 6.45) is 3.36. The van der Waals surface area contributed by atoms with Crippen molar-refractivity contribution in [3.05, 3.63) is 45.9 Å². The number of nitrogens with one attached hydrogen (secondary N) is 3. The summed E-state index contributed by atoms with van der Waals surface area (Å²) in [6, 6.07) is 4.11. The van der Waals surface area contributed by atoms with Crippen LogP contribution < -0.4 is 10.9 Å². The lowest BCUT2D eigenvalue weighted by Crippen LogP contribution is -2.11. The number of nitrogens with zero attached hydrogens (tertiary/aromatic N) is 1. The number of rotatable bonds is 4. The third-order valence-electron chi connectivity index (χ3n) is 2.69. The maximum absolute atomic E-state index is 12.3. The molecule has 1 aromatic carbocycles. The van der Waals surface area contributed by atoms with Gasteiger partial charge >= 0.3 is 0 Å². The van der Waals surface area contributed by atoms with Crippen molar-refractivity contribution in [3.63, 3.8) is 0 Å². The Balaban J connectivity index is 2.67. The van der Waals surface area contributed by atoms with Crippen LogP contribution in [0.1, 0.15) is 0 Å². The minimum atomic E-state index is -3.80. The number of hydrogen-bond acceptors (Lipinski definition) is 6. The minimum absolute atomic E-state index is 0.00222. The molecule has 20 heavy (non-hydrogen) atoms. The summed E-state index contributed by atoms with van der Waals surface area (Å²) in [7, 11) is -2.26. The smallest absolute Gasteiger partial charge is 0.272 e. The molecular formula is C12H12N4O3S. The zero-order chi connectivity index (χ0) is 14.8. The van der Waals surface area contributed by atoms with E-state index in [9.17, 15) is 13.2 Å². The summed E-state index contributed by atoms with van der Waals surface area (Å²) >= 11 is 0. The average molecular weight is 292 g/mol. The molecule has 8 heteroatoms. The molecule has 0 bridgehead atoms. The fourth-order valence-electron chi connectivity index (χ4n) is 1.72. The molecule has 0 spiro atoms. The first-order valence-electron chi connectivity index (χ1n) is 5.61. The third kappa shape index (κ3) is 2.32. The molecule has 0 saturated carbocycles. The molecule has 0 aliphatic rings. The first-order valence-corrected chi connectivity index (χ1v) is 7.09. The van der Waals surface area contributed by atoms with Gasteiger partial charge in [0.25, 0.3) is 5.56 Å². The number of benzene rings is 1. The van der Waals surface area contributed by atoms with Gasteiger partial charge in [0.15, 0.2) is 0 Å². The van der Waals surface area contributed by atoms with E-state index in [1.165, 1.54) is 30.6 Å². The van der Waals surface area contributed by atoms with Crippen molar-refractivity contribution >= 4 is 26.8 Å². The van der Waals surface area contributed by atoms with E-state index in [0.29, 0.717) is 10.8 Å². The topological polar surface area (TPSA) is 116 Å². The number of fused-ring (bicyclic) bond motifs is 1. The highest BCUT2D eigenvalue weighted by Crippen LogP contribution is 2.21. The van der Waals surface area contributed by atoms with Crippen LogP contribution in [-0.4, -0.2) is 31.9 Å². The second-order valence-electron chi connectivity index (χ2n) is 3.93. The van der Waals surface area contributed by atoms with E-state index < -0.39 is 9.84 Å². The average Bonchev–Trinajstić information content (AvgIpc) is 2.44. The molecule has 2 rings (SSSR count). The molecular weight excluding hydrogens is 280 g/mol. The molecule has 0 aliphatic carbocycles. The highest BCUT2D eigenvalue weighted by Gasteiger charge is 2.19. The molecule has 0 fully saturated rings. The number of hydrogen-bond donors (Lipinski definition) is 3. The molecule has 2 aromatic rings. The lowest BCUT2D eigenvalue weighted by atomic mass is 10.2. The minimum Gasteiger partial charge on any atom is -0.393 e. The van der Waals surface area contributed by atoms with Gasteiger partial charge in [0.2, 0.25) is 9.84 Å². The van der Waals surface area contributed by atoms with Gasteiger partial charge in [-0.25, -0.2) is 13.5 Å². The number of allylic oxidation sites excluding steroid dienone is 1. The Labute approximate surface area is 114 Å². The highest BCUT2D eigenvalue weighted by atomic mass is 32.2. The van der Waals surface area contributed by atoms with E-state index in [-0.39, 0.29) is 15.4 Å². The van der Waals surface area contributed by atoms with Gasteiger partial charge in [-0.15, -0.1) is 0 Å². The number of sulfone groups is 1. The van der Waals surface area contributed by atoms with Crippen LogP contribution in [0.15, 0.2) is 45.2 Å². The fourth-order valence-corrected chi connectivity index (χ4v) is 2.95. The van der Waals surface area contributed by atoms with Gasteiger partial charge < -0.3 is 10.7 Å². The van der Waals surface area contributed by atoms with Gasteiger partial charge in [-0.1, -0.05) is 0 Å². The molecule has 1 aromatic heterocycles. The predicted octanol–water partition coefficient (Wildman–Crippen LogP) is 0.407. The quantitative estimate of drug-likeness (QED) is 0.706. The molecule has 0 radical (unpaired) electrons. The van der Waals surface area contributed by atoms with Crippen molar-refractivity contribution in [1.82, 2.24) is 15.5 Å². The summed E-state index contributed by atoms with van der Waals surface area (Å²) in [5.74, 6) is 0. The summed E-state index contributed by atoms with van der Waals surface area (Å²) in [4.78, 5) is 11.3. The molecule has 0 amide bonds. The third-order valence-corrected chi connectivity index (χ3v) is 4.42. The van der Waals surface area contributed by atoms with E-state index in [1.54, 1.807) is 7.05 Å². The van der Waals surface area contributed by atoms with Crippen LogP contribution in [0.5, 0.6) is 0 Å². The monoisotopic (exact) mass is 292 g/mol. The Morgan fingerprint density at radius 2 is 2.20 bits per heavy atom. The van der Waals surface area contributed by atoms with Gasteiger partial charge in [-0.05, 0) is 18.2 Å². The standard InChI is InChI=1S/C12H12N4O3S/c1-14-7-10(5-13)20(18,19)9-2-3-11-8(4-9)6-15-16-12(11)17/h2-7,13-14H,1H3,(H,16,17)/b10-7+,13-5?. The molecule has 1 heterocycles. The lowest BCUT2D eigenvalue weighted by Gasteiger charge is -2.06. The van der Waals surface area contributed by atoms with E-state index in [4.69, 9.17) is 5.41 Å². The Morgan fingerprint density at radius 3 is 2.85 bits per heavy atom. The first-order chi connectivity index (χ1) is 9.50. The van der Waals surface area contributed by atoms with Crippen molar-refractivity contribution in [2.75, 3.05) is 7.05 Å². The number of H-pyrrole nitrogens is 1. The Hall–Kier alpha value is -2.48. The Morgan fingerprint density at radius 1 is 1.45 bits per heavy atom. The fraction of sp³-hybridized carbons (Fsp3) is 0.0833. The van der Waals surface area contributed by atoms with Crippen molar-refractivity contribution in [2.45, 2.75) is 4.90 Å². The first kappa shape index (κ1) is 13.9. The molecule has 0 unspecified atom stereocenters. The molecule has 104 valence electrons. The molecule has 0 atom stereocenters. The summed E-state index contributed by atoms with van der Waals surface area (Å²) in [5, 5.41) is 16.4. The Kier molecular flexibility index (Phi) is 3.66. The number of aromatic nitrogens is 2. The molecule has 3 N–H and O–H groups in total. The molecule has 7 nitrogen and oxygen atoms in total. The van der Waals surface area contributed by atoms with Crippen LogP contribution in [-0.2, 0) is 9.84 Å². The van der Waals surface area contributed by atoms with Crippen LogP contribution in [0.3, 0.4) is 0 Å². The molecule has 0 saturated heterocycles. The predicted molar refractivity (Wildman–Crippen MR) is 75.5 cm³/mol. The maximum atomic E-state index is 12.3. The van der Waals surface area contributed by atoms with Crippen molar-refractivity contribution in [2.24, 2.45) is 0 Å². The van der Waals surface area contributed by atoms with Crippen molar-refractivity contribution in [1.29, 1.82) is 5.41 Å². The van der Waals surface area contributed by atoms with Gasteiger partial charge in [0.05, 0.1) is 16.5 Å². The van der Waals surface area contributed by atoms with Gasteiger partial charge in [0, 0.05) is 24.8 Å².